The summed E-state index contributed by atoms with van der Waals surface area (Å²) in [6.45, 7) is 0.644. The smallest absolute Gasteiger partial charge is 0.321 e. The number of fused-ring (bicyclic) bond motifs is 2. The number of hydrazine groups is 1. The highest BCUT2D eigenvalue weighted by Crippen LogP contribution is 2.31. The van der Waals surface area contributed by atoms with Gasteiger partial charge in [0.15, 0.2) is 6.61 Å². The molecule has 4 N–H and O–H groups in total. The van der Waals surface area contributed by atoms with Crippen molar-refractivity contribution in [2.45, 2.75) is 44.2 Å². The Balaban J connectivity index is 1.35. The first-order chi connectivity index (χ1) is 13.1. The van der Waals surface area contributed by atoms with Gasteiger partial charge in [0, 0.05) is 37.4 Å². The Morgan fingerprint density at radius 3 is 3.00 bits per heavy atom. The van der Waals surface area contributed by atoms with Gasteiger partial charge in [-0.05, 0) is 30.9 Å². The monoisotopic (exact) mass is 373 g/mol. The topological polar surface area (TPSA) is 94.7 Å². The first-order valence-electron chi connectivity index (χ1n) is 9.70. The zero-order valence-corrected chi connectivity index (χ0v) is 15.6. The molecule has 8 heteroatoms. The molecule has 27 heavy (non-hydrogen) atoms. The first kappa shape index (κ1) is 18.1. The van der Waals surface area contributed by atoms with Crippen molar-refractivity contribution < 1.29 is 14.3 Å². The highest BCUT2D eigenvalue weighted by atomic mass is 16.5. The standard InChI is InChI=1S/C19H27N5O3/c1-24(10-16-13-5-3-2-4-6-14(13)22-23-16)19(26)20-12-7-8-15-17(9-12)27-11-18(25)21-15/h7-9,13-14,16,22-23H,2-6,10-11H2,1H3,(H,20,26)(H,21,25). The molecular formula is C19H27N5O3. The molecule has 1 aliphatic carbocycles. The van der Waals surface area contributed by atoms with Crippen LogP contribution in [0.5, 0.6) is 5.75 Å². The number of anilines is 2. The predicted molar refractivity (Wildman–Crippen MR) is 103 cm³/mol. The third-order valence-electron chi connectivity index (χ3n) is 5.72. The minimum absolute atomic E-state index is 0.00674. The Labute approximate surface area is 159 Å². The van der Waals surface area contributed by atoms with E-state index >= 15 is 0 Å². The normalized spacial score (nSPS) is 26.9. The Bertz CT molecular complexity index is 725. The van der Waals surface area contributed by atoms with E-state index in [0.717, 1.165) is 0 Å². The molecule has 0 bridgehead atoms. The van der Waals surface area contributed by atoms with E-state index in [1.807, 2.05) is 7.05 Å². The summed E-state index contributed by atoms with van der Waals surface area (Å²) in [4.78, 5) is 25.7. The molecule has 3 aliphatic rings. The predicted octanol–water partition coefficient (Wildman–Crippen LogP) is 1.91. The molecule has 146 valence electrons. The van der Waals surface area contributed by atoms with Crippen molar-refractivity contribution in [3.05, 3.63) is 18.2 Å². The molecule has 3 amide bonds. The second-order valence-electron chi connectivity index (χ2n) is 7.66. The number of amides is 3. The molecular weight excluding hydrogens is 346 g/mol. The molecule has 2 fully saturated rings. The second kappa shape index (κ2) is 7.74. The third-order valence-corrected chi connectivity index (χ3v) is 5.72. The average molecular weight is 373 g/mol. The lowest BCUT2D eigenvalue weighted by Gasteiger charge is -2.26. The van der Waals surface area contributed by atoms with Crippen molar-refractivity contribution in [3.8, 4) is 5.75 Å². The van der Waals surface area contributed by atoms with E-state index in [9.17, 15) is 9.59 Å². The fraction of sp³-hybridized carbons (Fsp3) is 0.579. The Hall–Kier alpha value is -2.32. The van der Waals surface area contributed by atoms with Crippen molar-refractivity contribution in [3.63, 3.8) is 0 Å². The van der Waals surface area contributed by atoms with Gasteiger partial charge in [-0.2, -0.15) is 0 Å². The lowest BCUT2D eigenvalue weighted by atomic mass is 9.90. The number of nitrogens with zero attached hydrogens (tertiary/aromatic N) is 1. The van der Waals surface area contributed by atoms with Crippen LogP contribution in [0.25, 0.3) is 0 Å². The summed E-state index contributed by atoms with van der Waals surface area (Å²) in [5.74, 6) is 0.968. The number of benzene rings is 1. The second-order valence-corrected chi connectivity index (χ2v) is 7.66. The molecule has 1 aromatic rings. The number of rotatable bonds is 3. The van der Waals surface area contributed by atoms with Crippen LogP contribution in [0, 0.1) is 5.92 Å². The first-order valence-corrected chi connectivity index (χ1v) is 9.70. The fourth-order valence-electron chi connectivity index (χ4n) is 4.25. The highest BCUT2D eigenvalue weighted by Gasteiger charge is 2.37. The van der Waals surface area contributed by atoms with Gasteiger partial charge in [0.2, 0.25) is 0 Å². The lowest BCUT2D eigenvalue weighted by molar-refractivity contribution is -0.118. The van der Waals surface area contributed by atoms with Crippen LogP contribution in [0.3, 0.4) is 0 Å². The molecule has 8 nitrogen and oxygen atoms in total. The molecule has 1 saturated heterocycles. The van der Waals surface area contributed by atoms with Gasteiger partial charge in [-0.15, -0.1) is 0 Å². The zero-order chi connectivity index (χ0) is 18.8. The average Bonchev–Trinajstić information content (AvgIpc) is 2.88. The van der Waals surface area contributed by atoms with Crippen molar-refractivity contribution in [1.29, 1.82) is 0 Å². The SMILES string of the molecule is CN(CC1NNC2CCCCCC21)C(=O)Nc1ccc2c(c1)OCC(=O)N2. The maximum absolute atomic E-state index is 12.6. The van der Waals surface area contributed by atoms with Crippen molar-refractivity contribution >= 4 is 23.3 Å². The van der Waals surface area contributed by atoms with Gasteiger partial charge in [-0.1, -0.05) is 19.3 Å². The fourth-order valence-corrected chi connectivity index (χ4v) is 4.25. The molecule has 1 aromatic carbocycles. The van der Waals surface area contributed by atoms with Crippen LogP contribution in [0.1, 0.15) is 32.1 Å². The van der Waals surface area contributed by atoms with E-state index in [4.69, 9.17) is 4.74 Å². The van der Waals surface area contributed by atoms with Crippen molar-refractivity contribution in [2.75, 3.05) is 30.8 Å². The number of carbonyl (C=O) groups excluding carboxylic acids is 2. The van der Waals surface area contributed by atoms with Gasteiger partial charge in [0.05, 0.1) is 5.69 Å². The molecule has 4 rings (SSSR count). The van der Waals surface area contributed by atoms with Crippen LogP contribution in [0.2, 0.25) is 0 Å². The van der Waals surface area contributed by atoms with E-state index in [-0.39, 0.29) is 24.6 Å². The Morgan fingerprint density at radius 1 is 1.26 bits per heavy atom. The van der Waals surface area contributed by atoms with Gasteiger partial charge in [-0.25, -0.2) is 4.79 Å². The molecule has 2 aliphatic heterocycles. The van der Waals surface area contributed by atoms with E-state index in [1.54, 1.807) is 23.1 Å². The summed E-state index contributed by atoms with van der Waals surface area (Å²) in [5.41, 5.74) is 8.08. The minimum Gasteiger partial charge on any atom is -0.482 e. The minimum atomic E-state index is -0.173. The van der Waals surface area contributed by atoms with Crippen LogP contribution in [0.15, 0.2) is 18.2 Å². The van der Waals surface area contributed by atoms with Crippen LogP contribution < -0.4 is 26.2 Å². The number of ether oxygens (including phenoxy) is 1. The summed E-state index contributed by atoms with van der Waals surface area (Å²) in [6, 6.07) is 5.86. The number of nitrogens with one attached hydrogen (secondary N) is 4. The number of hydrogen-bond acceptors (Lipinski definition) is 5. The molecule has 3 atom stereocenters. The van der Waals surface area contributed by atoms with Crippen molar-refractivity contribution in [1.82, 2.24) is 15.8 Å². The quantitative estimate of drug-likeness (QED) is 0.649. The number of carbonyl (C=O) groups is 2. The van der Waals surface area contributed by atoms with E-state index in [1.165, 1.54) is 32.1 Å². The van der Waals surface area contributed by atoms with Gasteiger partial charge in [0.1, 0.15) is 5.75 Å². The summed E-state index contributed by atoms with van der Waals surface area (Å²) in [7, 11) is 1.82. The van der Waals surface area contributed by atoms with Crippen molar-refractivity contribution in [2.24, 2.45) is 5.92 Å². The molecule has 3 unspecified atom stereocenters. The number of likely N-dealkylation sites (N-methyl/N-ethyl adjacent to an activating group) is 1. The summed E-state index contributed by atoms with van der Waals surface area (Å²) in [5, 5.41) is 5.65. The van der Waals surface area contributed by atoms with Gasteiger partial charge >= 0.3 is 6.03 Å². The Kier molecular flexibility index (Phi) is 5.18. The number of hydrogen-bond donors (Lipinski definition) is 4. The van der Waals surface area contributed by atoms with Crippen LogP contribution in [-0.2, 0) is 4.79 Å². The molecule has 1 saturated carbocycles. The molecule has 0 spiro atoms. The summed E-state index contributed by atoms with van der Waals surface area (Å²) in [6.07, 6.45) is 6.26. The number of urea groups is 1. The highest BCUT2D eigenvalue weighted by molar-refractivity contribution is 5.96. The zero-order valence-electron chi connectivity index (χ0n) is 15.6. The molecule has 0 aromatic heterocycles. The summed E-state index contributed by atoms with van der Waals surface area (Å²) >= 11 is 0. The third kappa shape index (κ3) is 4.01. The molecule has 0 radical (unpaired) electrons. The lowest BCUT2D eigenvalue weighted by Crippen LogP contribution is -2.44. The van der Waals surface area contributed by atoms with E-state index in [2.05, 4.69) is 21.5 Å². The summed E-state index contributed by atoms with van der Waals surface area (Å²) < 4.78 is 5.40. The maximum Gasteiger partial charge on any atom is 0.321 e. The van der Waals surface area contributed by atoms with Gasteiger partial charge in [0.25, 0.3) is 5.91 Å². The van der Waals surface area contributed by atoms with E-state index in [0.29, 0.717) is 35.6 Å². The maximum atomic E-state index is 12.6. The van der Waals surface area contributed by atoms with Gasteiger partial charge < -0.3 is 20.3 Å². The van der Waals surface area contributed by atoms with Crippen LogP contribution >= 0.6 is 0 Å². The van der Waals surface area contributed by atoms with E-state index < -0.39 is 0 Å². The molecule has 2 heterocycles. The Morgan fingerprint density at radius 2 is 2.11 bits per heavy atom. The van der Waals surface area contributed by atoms with Gasteiger partial charge in [-0.3, -0.25) is 15.6 Å². The van der Waals surface area contributed by atoms with Crippen LogP contribution in [-0.4, -0.2) is 49.1 Å². The largest absolute Gasteiger partial charge is 0.482 e. The van der Waals surface area contributed by atoms with Crippen LogP contribution in [0.4, 0.5) is 16.2 Å².